The van der Waals surface area contributed by atoms with Crippen LogP contribution in [0, 0.1) is 5.41 Å². The summed E-state index contributed by atoms with van der Waals surface area (Å²) in [6.45, 7) is 7.06. The lowest BCUT2D eigenvalue weighted by atomic mass is 9.70. The first-order valence-electron chi connectivity index (χ1n) is 7.45. The van der Waals surface area contributed by atoms with E-state index in [-0.39, 0.29) is 0 Å². The van der Waals surface area contributed by atoms with E-state index < -0.39 is 0 Å². The maximum Gasteiger partial charge on any atom is 0.0391 e. The summed E-state index contributed by atoms with van der Waals surface area (Å²) in [7, 11) is 0. The number of hydrogen-bond donors (Lipinski definition) is 1. The van der Waals surface area contributed by atoms with Gasteiger partial charge in [0.15, 0.2) is 0 Å². The minimum absolute atomic E-state index is 0.305. The summed E-state index contributed by atoms with van der Waals surface area (Å²) in [5.74, 6) is 0. The van der Waals surface area contributed by atoms with E-state index in [9.17, 15) is 0 Å². The van der Waals surface area contributed by atoms with E-state index in [0.717, 1.165) is 0 Å². The Morgan fingerprint density at radius 2 is 2.00 bits per heavy atom. The Kier molecular flexibility index (Phi) is 3.70. The summed E-state index contributed by atoms with van der Waals surface area (Å²) in [5, 5.41) is 6.04. The van der Waals surface area contributed by atoms with Gasteiger partial charge in [-0.2, -0.15) is 0 Å². The van der Waals surface area contributed by atoms with Crippen LogP contribution in [-0.4, -0.2) is 0 Å². The first-order valence-corrected chi connectivity index (χ1v) is 8.33. The molecule has 0 radical (unpaired) electrons. The Balaban J connectivity index is 1.90. The highest BCUT2D eigenvalue weighted by Crippen LogP contribution is 2.44. The average Bonchev–Trinajstić information content (AvgIpc) is 2.96. The van der Waals surface area contributed by atoms with Crippen LogP contribution in [0.2, 0.25) is 0 Å². The highest BCUT2D eigenvalue weighted by Gasteiger charge is 2.36. The lowest BCUT2D eigenvalue weighted by Gasteiger charge is -2.42. The lowest BCUT2D eigenvalue weighted by Crippen LogP contribution is -2.39. The zero-order valence-electron chi connectivity index (χ0n) is 12.5. The van der Waals surface area contributed by atoms with Crippen LogP contribution in [0.4, 0.5) is 0 Å². The fraction of sp³-hybridized carbons (Fsp3) is 0.444. The molecule has 0 fully saturated rings. The van der Waals surface area contributed by atoms with E-state index in [1.165, 1.54) is 28.8 Å². The molecular weight excluding hydrogens is 262 g/mol. The molecule has 0 saturated carbocycles. The summed E-state index contributed by atoms with van der Waals surface area (Å²) in [6.07, 6.45) is 2.45. The van der Waals surface area contributed by atoms with Gasteiger partial charge in [0.2, 0.25) is 0 Å². The van der Waals surface area contributed by atoms with Crippen molar-refractivity contribution in [3.05, 3.63) is 57.8 Å². The van der Waals surface area contributed by atoms with Gasteiger partial charge in [-0.3, -0.25) is 0 Å². The maximum absolute atomic E-state index is 3.88. The smallest absolute Gasteiger partial charge is 0.0391 e. The topological polar surface area (TPSA) is 12.0 Å². The van der Waals surface area contributed by atoms with Gasteiger partial charge >= 0.3 is 0 Å². The molecule has 106 valence electrons. The Morgan fingerprint density at radius 3 is 2.75 bits per heavy atom. The van der Waals surface area contributed by atoms with E-state index in [0.29, 0.717) is 17.5 Å². The number of rotatable bonds is 3. The standard InChI is InChI=1S/C18H23NS/c1-13(16-9-6-12-20-16)19-17-15-8-5-4-7-14(15)10-11-18(17,2)3/h4-9,12-13,17,19H,10-11H2,1-3H3. The van der Waals surface area contributed by atoms with Gasteiger partial charge in [0.25, 0.3) is 0 Å². The van der Waals surface area contributed by atoms with Crippen LogP contribution in [0.25, 0.3) is 0 Å². The summed E-state index contributed by atoms with van der Waals surface area (Å²) >= 11 is 1.84. The van der Waals surface area contributed by atoms with Crippen LogP contribution in [0.15, 0.2) is 41.8 Å². The highest BCUT2D eigenvalue weighted by atomic mass is 32.1. The highest BCUT2D eigenvalue weighted by molar-refractivity contribution is 7.10. The molecule has 0 aliphatic heterocycles. The summed E-state index contributed by atoms with van der Waals surface area (Å²) in [6, 6.07) is 14.1. The van der Waals surface area contributed by atoms with Gasteiger partial charge in [-0.15, -0.1) is 11.3 Å². The molecule has 1 aliphatic carbocycles. The molecule has 0 amide bonds. The van der Waals surface area contributed by atoms with Crippen LogP contribution in [0.1, 0.15) is 55.3 Å². The van der Waals surface area contributed by atoms with Crippen LogP contribution in [0.5, 0.6) is 0 Å². The quantitative estimate of drug-likeness (QED) is 0.826. The summed E-state index contributed by atoms with van der Waals surface area (Å²) in [4.78, 5) is 1.42. The predicted molar refractivity (Wildman–Crippen MR) is 87.2 cm³/mol. The van der Waals surface area contributed by atoms with Crippen LogP contribution < -0.4 is 5.32 Å². The fourth-order valence-electron chi connectivity index (χ4n) is 3.25. The van der Waals surface area contributed by atoms with Crippen LogP contribution in [0.3, 0.4) is 0 Å². The molecule has 1 aromatic heterocycles. The molecule has 20 heavy (non-hydrogen) atoms. The molecule has 2 unspecified atom stereocenters. The molecule has 1 heterocycles. The molecule has 1 aliphatic rings. The first kappa shape index (κ1) is 13.8. The molecule has 2 aromatic rings. The predicted octanol–water partition coefficient (Wildman–Crippen LogP) is 5.11. The van der Waals surface area contributed by atoms with Crippen molar-refractivity contribution >= 4 is 11.3 Å². The van der Waals surface area contributed by atoms with Gasteiger partial charge < -0.3 is 5.32 Å². The fourth-order valence-corrected chi connectivity index (χ4v) is 3.99. The van der Waals surface area contributed by atoms with Crippen molar-refractivity contribution in [2.24, 2.45) is 5.41 Å². The molecule has 0 spiro atoms. The van der Waals surface area contributed by atoms with Crippen molar-refractivity contribution in [3.8, 4) is 0 Å². The zero-order chi connectivity index (χ0) is 14.2. The van der Waals surface area contributed by atoms with Gasteiger partial charge in [-0.05, 0) is 47.8 Å². The molecule has 3 rings (SSSR count). The average molecular weight is 285 g/mol. The molecule has 0 saturated heterocycles. The Bertz CT molecular complexity index is 571. The normalized spacial score (nSPS) is 22.2. The number of benzene rings is 1. The van der Waals surface area contributed by atoms with Crippen molar-refractivity contribution < 1.29 is 0 Å². The minimum atomic E-state index is 0.305. The van der Waals surface area contributed by atoms with E-state index >= 15 is 0 Å². The largest absolute Gasteiger partial charge is 0.302 e. The monoisotopic (exact) mass is 285 g/mol. The molecule has 1 N–H and O–H groups in total. The minimum Gasteiger partial charge on any atom is -0.302 e. The second-order valence-corrected chi connectivity index (χ2v) is 7.50. The van der Waals surface area contributed by atoms with Crippen molar-refractivity contribution in [1.82, 2.24) is 5.32 Å². The molecular formula is C18H23NS. The second kappa shape index (κ2) is 5.34. The molecule has 1 nitrogen and oxygen atoms in total. The Morgan fingerprint density at radius 1 is 1.20 bits per heavy atom. The second-order valence-electron chi connectivity index (χ2n) is 6.52. The third-order valence-corrected chi connectivity index (χ3v) is 5.63. The number of aryl methyl sites for hydroxylation is 1. The number of nitrogens with one attached hydrogen (secondary N) is 1. The van der Waals surface area contributed by atoms with Gasteiger partial charge in [-0.1, -0.05) is 44.2 Å². The number of hydrogen-bond acceptors (Lipinski definition) is 2. The molecule has 2 heteroatoms. The van der Waals surface area contributed by atoms with E-state index in [2.05, 4.69) is 67.9 Å². The van der Waals surface area contributed by atoms with Crippen molar-refractivity contribution in [1.29, 1.82) is 0 Å². The molecule has 0 bridgehead atoms. The van der Waals surface area contributed by atoms with Crippen molar-refractivity contribution in [3.63, 3.8) is 0 Å². The van der Waals surface area contributed by atoms with Crippen LogP contribution >= 0.6 is 11.3 Å². The van der Waals surface area contributed by atoms with E-state index in [1.807, 2.05) is 11.3 Å². The summed E-state index contributed by atoms with van der Waals surface area (Å²) < 4.78 is 0. The van der Waals surface area contributed by atoms with Gasteiger partial charge in [0.1, 0.15) is 0 Å². The third-order valence-electron chi connectivity index (χ3n) is 4.57. The first-order chi connectivity index (χ1) is 9.58. The van der Waals surface area contributed by atoms with Gasteiger partial charge in [-0.25, -0.2) is 0 Å². The van der Waals surface area contributed by atoms with Gasteiger partial charge in [0, 0.05) is 17.0 Å². The van der Waals surface area contributed by atoms with Crippen molar-refractivity contribution in [2.45, 2.75) is 45.7 Å². The van der Waals surface area contributed by atoms with E-state index in [1.54, 1.807) is 0 Å². The lowest BCUT2D eigenvalue weighted by molar-refractivity contribution is 0.197. The maximum atomic E-state index is 3.88. The van der Waals surface area contributed by atoms with Gasteiger partial charge in [0.05, 0.1) is 0 Å². The third kappa shape index (κ3) is 2.55. The van der Waals surface area contributed by atoms with Crippen LogP contribution in [-0.2, 0) is 6.42 Å². The summed E-state index contributed by atoms with van der Waals surface area (Å²) in [5.41, 5.74) is 3.31. The SMILES string of the molecule is CC(NC1c2ccccc2CCC1(C)C)c1cccs1. The van der Waals surface area contributed by atoms with E-state index in [4.69, 9.17) is 0 Å². The Labute approximate surface area is 126 Å². The zero-order valence-corrected chi connectivity index (χ0v) is 13.3. The Hall–Kier alpha value is -1.12. The molecule has 2 atom stereocenters. The van der Waals surface area contributed by atoms with Crippen molar-refractivity contribution in [2.75, 3.05) is 0 Å². The molecule has 1 aromatic carbocycles. The number of fused-ring (bicyclic) bond motifs is 1. The number of thiophene rings is 1.